The van der Waals surface area contributed by atoms with Gasteiger partial charge in [0.1, 0.15) is 6.04 Å². The second-order valence-electron chi connectivity index (χ2n) is 5.40. The number of amides is 1. The number of nitrogens with zero attached hydrogens (tertiary/aromatic N) is 1. The summed E-state index contributed by atoms with van der Waals surface area (Å²) in [5.41, 5.74) is 7.26. The zero-order valence-electron chi connectivity index (χ0n) is 12.1. The lowest BCUT2D eigenvalue weighted by Gasteiger charge is -2.34. The first-order valence-electron chi connectivity index (χ1n) is 7.03. The van der Waals surface area contributed by atoms with Gasteiger partial charge in [0.05, 0.1) is 4.90 Å². The number of nitrogens with two attached hydrogens (primary N) is 1. The largest absolute Gasteiger partial charge is 0.368 e. The Hall–Kier alpha value is -1.89. The Morgan fingerprint density at radius 3 is 2.48 bits per heavy atom. The molecule has 0 saturated heterocycles. The molecule has 0 bridgehead atoms. The van der Waals surface area contributed by atoms with Crippen molar-refractivity contribution in [2.24, 2.45) is 5.73 Å². The van der Waals surface area contributed by atoms with Gasteiger partial charge in [0.2, 0.25) is 15.9 Å². The van der Waals surface area contributed by atoms with Crippen LogP contribution < -0.4 is 5.73 Å². The molecule has 1 unspecified atom stereocenters. The van der Waals surface area contributed by atoms with E-state index >= 15 is 0 Å². The van der Waals surface area contributed by atoms with Gasteiger partial charge in [-0.05, 0) is 35.7 Å². The highest BCUT2D eigenvalue weighted by Gasteiger charge is 2.38. The first-order valence-corrected chi connectivity index (χ1v) is 8.85. The van der Waals surface area contributed by atoms with Crippen LogP contribution in [0, 0.1) is 0 Å². The summed E-state index contributed by atoms with van der Waals surface area (Å²) < 4.78 is 27.0. The summed E-state index contributed by atoms with van der Waals surface area (Å²) in [4.78, 5) is 11.9. The van der Waals surface area contributed by atoms with E-state index in [-0.39, 0.29) is 17.9 Å². The predicted molar refractivity (Wildman–Crippen MR) is 87.3 cm³/mol. The number of fused-ring (bicyclic) bond motifs is 1. The molecular formula is C16H15ClN2O3S. The van der Waals surface area contributed by atoms with Crippen molar-refractivity contribution >= 4 is 27.5 Å². The molecular weight excluding hydrogens is 336 g/mol. The van der Waals surface area contributed by atoms with E-state index in [2.05, 4.69) is 0 Å². The van der Waals surface area contributed by atoms with E-state index in [1.54, 1.807) is 12.1 Å². The molecule has 23 heavy (non-hydrogen) atoms. The first-order chi connectivity index (χ1) is 10.9. The Labute approximate surface area is 139 Å². The molecule has 1 aliphatic heterocycles. The lowest BCUT2D eigenvalue weighted by atomic mass is 9.96. The number of primary amides is 1. The SMILES string of the molecule is NC(=O)C1Cc2ccccc2CN1S(=O)(=O)c1cccc(Cl)c1. The second kappa shape index (κ2) is 5.96. The summed E-state index contributed by atoms with van der Waals surface area (Å²) >= 11 is 5.90. The number of sulfonamides is 1. The quantitative estimate of drug-likeness (QED) is 0.918. The smallest absolute Gasteiger partial charge is 0.244 e. The molecule has 2 aromatic rings. The van der Waals surface area contributed by atoms with E-state index in [9.17, 15) is 13.2 Å². The van der Waals surface area contributed by atoms with Crippen molar-refractivity contribution in [1.29, 1.82) is 0 Å². The van der Waals surface area contributed by atoms with Gasteiger partial charge in [0, 0.05) is 11.6 Å². The average Bonchev–Trinajstić information content (AvgIpc) is 2.53. The number of carbonyl (C=O) groups excluding carboxylic acids is 1. The maximum Gasteiger partial charge on any atom is 0.244 e. The Balaban J connectivity index is 2.07. The number of rotatable bonds is 3. The van der Waals surface area contributed by atoms with E-state index in [1.165, 1.54) is 12.1 Å². The third-order valence-corrected chi connectivity index (χ3v) is 6.02. The fraction of sp³-hybridized carbons (Fsp3) is 0.188. The molecule has 1 heterocycles. The molecule has 1 amide bonds. The van der Waals surface area contributed by atoms with Gasteiger partial charge < -0.3 is 5.73 Å². The van der Waals surface area contributed by atoms with E-state index in [0.717, 1.165) is 15.4 Å². The normalized spacial score (nSPS) is 18.4. The van der Waals surface area contributed by atoms with E-state index in [4.69, 9.17) is 17.3 Å². The summed E-state index contributed by atoms with van der Waals surface area (Å²) in [5, 5.41) is 0.319. The molecule has 120 valence electrons. The van der Waals surface area contributed by atoms with Crippen LogP contribution in [0.3, 0.4) is 0 Å². The number of carbonyl (C=O) groups is 1. The maximum atomic E-state index is 12.9. The molecule has 0 aliphatic carbocycles. The number of halogens is 1. The van der Waals surface area contributed by atoms with Crippen LogP contribution >= 0.6 is 11.6 Å². The highest BCUT2D eigenvalue weighted by atomic mass is 35.5. The monoisotopic (exact) mass is 350 g/mol. The van der Waals surface area contributed by atoms with Crippen molar-refractivity contribution in [3.63, 3.8) is 0 Å². The highest BCUT2D eigenvalue weighted by molar-refractivity contribution is 7.89. The minimum absolute atomic E-state index is 0.0515. The van der Waals surface area contributed by atoms with Crippen LogP contribution in [0.4, 0.5) is 0 Å². The lowest BCUT2D eigenvalue weighted by Crippen LogP contribution is -2.50. The summed E-state index contributed by atoms with van der Waals surface area (Å²) in [6, 6.07) is 12.5. The molecule has 0 fully saturated rings. The zero-order valence-corrected chi connectivity index (χ0v) is 13.7. The van der Waals surface area contributed by atoms with Crippen LogP contribution in [0.5, 0.6) is 0 Å². The summed E-state index contributed by atoms with van der Waals surface area (Å²) in [7, 11) is -3.87. The van der Waals surface area contributed by atoms with E-state index in [1.807, 2.05) is 24.3 Å². The zero-order chi connectivity index (χ0) is 16.6. The molecule has 1 atom stereocenters. The van der Waals surface area contributed by atoms with Crippen molar-refractivity contribution < 1.29 is 13.2 Å². The maximum absolute atomic E-state index is 12.9. The fourth-order valence-electron chi connectivity index (χ4n) is 2.76. The summed E-state index contributed by atoms with van der Waals surface area (Å²) in [6.07, 6.45) is 0.269. The van der Waals surface area contributed by atoms with Crippen LogP contribution in [0.15, 0.2) is 53.4 Å². The number of hydrogen-bond donors (Lipinski definition) is 1. The van der Waals surface area contributed by atoms with Gasteiger partial charge in [-0.3, -0.25) is 4.79 Å². The van der Waals surface area contributed by atoms with Gasteiger partial charge in [0.25, 0.3) is 0 Å². The molecule has 0 spiro atoms. The van der Waals surface area contributed by atoms with Crippen LogP contribution in [0.25, 0.3) is 0 Å². The van der Waals surface area contributed by atoms with Crippen LogP contribution in [0.1, 0.15) is 11.1 Å². The molecule has 2 N–H and O–H groups in total. The van der Waals surface area contributed by atoms with Gasteiger partial charge in [-0.25, -0.2) is 8.42 Å². The molecule has 7 heteroatoms. The Bertz CT molecular complexity index is 867. The minimum Gasteiger partial charge on any atom is -0.368 e. The van der Waals surface area contributed by atoms with Crippen molar-refractivity contribution in [3.8, 4) is 0 Å². The molecule has 0 radical (unpaired) electrons. The molecule has 3 rings (SSSR count). The highest BCUT2D eigenvalue weighted by Crippen LogP contribution is 2.29. The van der Waals surface area contributed by atoms with Gasteiger partial charge in [-0.2, -0.15) is 4.31 Å². The van der Waals surface area contributed by atoms with Crippen molar-refractivity contribution in [3.05, 3.63) is 64.7 Å². The lowest BCUT2D eigenvalue weighted by molar-refractivity contribution is -0.122. The second-order valence-corrected chi connectivity index (χ2v) is 7.73. The topological polar surface area (TPSA) is 80.5 Å². The summed E-state index contributed by atoms with van der Waals surface area (Å²) in [6.45, 7) is 0.110. The number of benzene rings is 2. The first kappa shape index (κ1) is 16.0. The summed E-state index contributed by atoms with van der Waals surface area (Å²) in [5.74, 6) is -0.662. The molecule has 5 nitrogen and oxygen atoms in total. The third-order valence-electron chi connectivity index (χ3n) is 3.94. The molecule has 0 aromatic heterocycles. The molecule has 0 saturated carbocycles. The van der Waals surface area contributed by atoms with Gasteiger partial charge in [-0.15, -0.1) is 0 Å². The van der Waals surface area contributed by atoms with Gasteiger partial charge >= 0.3 is 0 Å². The average molecular weight is 351 g/mol. The third kappa shape index (κ3) is 2.97. The van der Waals surface area contributed by atoms with Crippen LogP contribution in [-0.2, 0) is 27.8 Å². The van der Waals surface area contributed by atoms with Gasteiger partial charge in [-0.1, -0.05) is 41.9 Å². The van der Waals surface area contributed by atoms with E-state index in [0.29, 0.717) is 5.02 Å². The van der Waals surface area contributed by atoms with Crippen molar-refractivity contribution in [2.75, 3.05) is 0 Å². The Kier molecular flexibility index (Phi) is 4.14. The van der Waals surface area contributed by atoms with Crippen molar-refractivity contribution in [2.45, 2.75) is 23.9 Å². The molecule has 1 aliphatic rings. The van der Waals surface area contributed by atoms with Crippen LogP contribution in [-0.4, -0.2) is 24.7 Å². The predicted octanol–water partition coefficient (Wildman–Crippen LogP) is 1.94. The number of hydrogen-bond acceptors (Lipinski definition) is 3. The van der Waals surface area contributed by atoms with E-state index < -0.39 is 22.0 Å². The van der Waals surface area contributed by atoms with Crippen molar-refractivity contribution in [1.82, 2.24) is 4.31 Å². The Morgan fingerprint density at radius 2 is 1.83 bits per heavy atom. The fourth-order valence-corrected chi connectivity index (χ4v) is 4.63. The minimum atomic E-state index is -3.87. The molecule has 2 aromatic carbocycles. The standard InChI is InChI=1S/C16H15ClN2O3S/c17-13-6-3-7-14(9-13)23(21,22)19-10-12-5-2-1-4-11(12)8-15(19)16(18)20/h1-7,9,15H,8,10H2,(H2,18,20). The Morgan fingerprint density at radius 1 is 1.13 bits per heavy atom. The van der Waals surface area contributed by atoms with Crippen LogP contribution in [0.2, 0.25) is 5.02 Å². The van der Waals surface area contributed by atoms with Gasteiger partial charge in [0.15, 0.2) is 0 Å².